The molecule has 1 aromatic carbocycles. The fraction of sp³-hybridized carbons (Fsp3) is 0.455. The molecule has 17 heavy (non-hydrogen) atoms. The molecule has 0 aliphatic carbocycles. The summed E-state index contributed by atoms with van der Waals surface area (Å²) >= 11 is 9.24. The number of hydrogen-bond donors (Lipinski definition) is 2. The second kappa shape index (κ2) is 5.44. The number of halogens is 2. The fourth-order valence-electron chi connectivity index (χ4n) is 1.64. The van der Waals surface area contributed by atoms with Crippen LogP contribution in [-0.2, 0) is 0 Å². The zero-order valence-electron chi connectivity index (χ0n) is 8.90. The molecule has 0 amide bonds. The van der Waals surface area contributed by atoms with Crippen LogP contribution >= 0.6 is 27.5 Å². The largest absolute Gasteiger partial charge is 0.454 e. The summed E-state index contributed by atoms with van der Waals surface area (Å²) in [5, 5.41) is 20.7. The highest BCUT2D eigenvalue weighted by Crippen LogP contribution is 2.39. The van der Waals surface area contributed by atoms with Crippen LogP contribution in [0.3, 0.4) is 0 Å². The minimum atomic E-state index is -1.03. The van der Waals surface area contributed by atoms with E-state index in [1.165, 1.54) is 0 Å². The van der Waals surface area contributed by atoms with E-state index < -0.39 is 12.2 Å². The van der Waals surface area contributed by atoms with Gasteiger partial charge in [-0.1, -0.05) is 27.5 Å². The molecule has 0 fully saturated rings. The number of fused-ring (bicyclic) bond motifs is 1. The third kappa shape index (κ3) is 2.68. The normalized spacial score (nSPS) is 16.9. The van der Waals surface area contributed by atoms with Gasteiger partial charge in [0.25, 0.3) is 0 Å². The first-order valence-electron chi connectivity index (χ1n) is 5.14. The molecule has 1 aromatic rings. The molecule has 0 spiro atoms. The average Bonchev–Trinajstić information content (AvgIpc) is 2.74. The topological polar surface area (TPSA) is 58.9 Å². The van der Waals surface area contributed by atoms with Gasteiger partial charge >= 0.3 is 0 Å². The monoisotopic (exact) mass is 322 g/mol. The Bertz CT molecular complexity index is 413. The van der Waals surface area contributed by atoms with Gasteiger partial charge in [-0.25, -0.2) is 0 Å². The Morgan fingerprint density at radius 2 is 1.94 bits per heavy atom. The van der Waals surface area contributed by atoms with E-state index in [1.54, 1.807) is 12.1 Å². The summed E-state index contributed by atoms with van der Waals surface area (Å²) < 4.78 is 10.4. The van der Waals surface area contributed by atoms with Crippen LogP contribution in [0.15, 0.2) is 12.1 Å². The number of aliphatic hydroxyl groups is 2. The quantitative estimate of drug-likeness (QED) is 0.835. The molecule has 0 saturated carbocycles. The molecule has 0 aromatic heterocycles. The standard InChI is InChI=1S/C11H12BrClO4/c12-2-1-8(14)11(15)6-3-9-10(4-7(6)13)17-5-16-9/h3-4,8,11,14-15H,1-2,5H2. The summed E-state index contributed by atoms with van der Waals surface area (Å²) in [7, 11) is 0. The highest BCUT2D eigenvalue weighted by Gasteiger charge is 2.24. The predicted octanol–water partition coefficient (Wildman–Crippen LogP) is 2.25. The molecular formula is C11H12BrClO4. The van der Waals surface area contributed by atoms with Gasteiger partial charge in [-0.3, -0.25) is 0 Å². The molecule has 6 heteroatoms. The molecule has 1 heterocycles. The molecule has 1 aliphatic rings. The van der Waals surface area contributed by atoms with E-state index in [-0.39, 0.29) is 6.79 Å². The van der Waals surface area contributed by atoms with Crippen molar-refractivity contribution in [1.29, 1.82) is 0 Å². The van der Waals surface area contributed by atoms with Crippen LogP contribution in [0.25, 0.3) is 0 Å². The van der Waals surface area contributed by atoms with Crippen LogP contribution < -0.4 is 9.47 Å². The molecule has 2 N–H and O–H groups in total. The number of aliphatic hydroxyl groups excluding tert-OH is 2. The molecular weight excluding hydrogens is 311 g/mol. The molecule has 94 valence electrons. The van der Waals surface area contributed by atoms with Crippen molar-refractivity contribution in [2.75, 3.05) is 12.1 Å². The zero-order chi connectivity index (χ0) is 12.4. The number of alkyl halides is 1. The Labute approximate surface area is 112 Å². The van der Waals surface area contributed by atoms with E-state index in [0.29, 0.717) is 33.8 Å². The van der Waals surface area contributed by atoms with Crippen molar-refractivity contribution in [1.82, 2.24) is 0 Å². The number of rotatable bonds is 4. The van der Waals surface area contributed by atoms with Gasteiger partial charge in [0, 0.05) is 17.0 Å². The Kier molecular flexibility index (Phi) is 4.14. The van der Waals surface area contributed by atoms with Crippen LogP contribution in [0.1, 0.15) is 18.1 Å². The van der Waals surface area contributed by atoms with Gasteiger partial charge in [0.15, 0.2) is 11.5 Å². The summed E-state index contributed by atoms with van der Waals surface area (Å²) in [4.78, 5) is 0. The van der Waals surface area contributed by atoms with Crippen LogP contribution in [-0.4, -0.2) is 28.4 Å². The smallest absolute Gasteiger partial charge is 0.231 e. The van der Waals surface area contributed by atoms with Crippen LogP contribution in [0.2, 0.25) is 5.02 Å². The lowest BCUT2D eigenvalue weighted by Gasteiger charge is -2.18. The average molecular weight is 324 g/mol. The van der Waals surface area contributed by atoms with Gasteiger partial charge in [0.2, 0.25) is 6.79 Å². The van der Waals surface area contributed by atoms with Crippen molar-refractivity contribution in [2.24, 2.45) is 0 Å². The third-order valence-corrected chi connectivity index (χ3v) is 3.37. The van der Waals surface area contributed by atoms with E-state index in [1.807, 2.05) is 0 Å². The summed E-state index contributed by atoms with van der Waals surface area (Å²) in [6.45, 7) is 0.148. The number of benzene rings is 1. The van der Waals surface area contributed by atoms with E-state index in [0.717, 1.165) is 0 Å². The van der Waals surface area contributed by atoms with E-state index in [4.69, 9.17) is 21.1 Å². The summed E-state index contributed by atoms with van der Waals surface area (Å²) in [6, 6.07) is 3.19. The maximum Gasteiger partial charge on any atom is 0.231 e. The molecule has 4 nitrogen and oxygen atoms in total. The van der Waals surface area contributed by atoms with Crippen molar-refractivity contribution in [2.45, 2.75) is 18.6 Å². The van der Waals surface area contributed by atoms with E-state index in [9.17, 15) is 10.2 Å². The lowest BCUT2D eigenvalue weighted by Crippen LogP contribution is -2.18. The summed E-state index contributed by atoms with van der Waals surface area (Å²) in [6.07, 6.45) is -1.46. The molecule has 2 unspecified atom stereocenters. The van der Waals surface area contributed by atoms with Crippen molar-refractivity contribution in [3.63, 3.8) is 0 Å². The fourth-order valence-corrected chi connectivity index (χ4v) is 2.37. The molecule has 1 aliphatic heterocycles. The van der Waals surface area contributed by atoms with Crippen molar-refractivity contribution < 1.29 is 19.7 Å². The second-order valence-corrected chi connectivity index (χ2v) is 4.92. The zero-order valence-corrected chi connectivity index (χ0v) is 11.2. The summed E-state index contributed by atoms with van der Waals surface area (Å²) in [5.74, 6) is 1.09. The van der Waals surface area contributed by atoms with Crippen molar-refractivity contribution >= 4 is 27.5 Å². The minimum Gasteiger partial charge on any atom is -0.454 e. The molecule has 2 atom stereocenters. The minimum absolute atomic E-state index is 0.148. The second-order valence-electron chi connectivity index (χ2n) is 3.72. The van der Waals surface area contributed by atoms with Gasteiger partial charge < -0.3 is 19.7 Å². The van der Waals surface area contributed by atoms with Gasteiger partial charge in [-0.15, -0.1) is 0 Å². The number of ether oxygens (including phenoxy) is 2. The van der Waals surface area contributed by atoms with Crippen LogP contribution in [0, 0.1) is 0 Å². The lowest BCUT2D eigenvalue weighted by atomic mass is 10.0. The van der Waals surface area contributed by atoms with E-state index >= 15 is 0 Å². The number of hydrogen-bond acceptors (Lipinski definition) is 4. The third-order valence-electron chi connectivity index (χ3n) is 2.58. The highest BCUT2D eigenvalue weighted by molar-refractivity contribution is 9.09. The first-order valence-corrected chi connectivity index (χ1v) is 6.64. The lowest BCUT2D eigenvalue weighted by molar-refractivity contribution is 0.0173. The van der Waals surface area contributed by atoms with Crippen molar-refractivity contribution in [3.05, 3.63) is 22.7 Å². The summed E-state index contributed by atoms with van der Waals surface area (Å²) in [5.41, 5.74) is 0.448. The van der Waals surface area contributed by atoms with Crippen molar-refractivity contribution in [3.8, 4) is 11.5 Å². The highest BCUT2D eigenvalue weighted by atomic mass is 79.9. The van der Waals surface area contributed by atoms with Crippen LogP contribution in [0.5, 0.6) is 11.5 Å². The van der Waals surface area contributed by atoms with Crippen LogP contribution in [0.4, 0.5) is 0 Å². The van der Waals surface area contributed by atoms with Gasteiger partial charge in [-0.05, 0) is 12.5 Å². The SMILES string of the molecule is OC(CCBr)C(O)c1cc2c(cc1Cl)OCO2. The maximum absolute atomic E-state index is 9.98. The maximum atomic E-state index is 9.98. The molecule has 0 bridgehead atoms. The van der Waals surface area contributed by atoms with Gasteiger partial charge in [0.05, 0.1) is 11.1 Å². The Balaban J connectivity index is 2.26. The van der Waals surface area contributed by atoms with Gasteiger partial charge in [-0.2, -0.15) is 0 Å². The molecule has 0 radical (unpaired) electrons. The molecule has 2 rings (SSSR count). The Morgan fingerprint density at radius 1 is 1.29 bits per heavy atom. The first-order chi connectivity index (χ1) is 8.13. The Morgan fingerprint density at radius 3 is 2.59 bits per heavy atom. The van der Waals surface area contributed by atoms with E-state index in [2.05, 4.69) is 15.9 Å². The first kappa shape index (κ1) is 13.0. The molecule has 0 saturated heterocycles. The Hall–Kier alpha value is -0.490. The van der Waals surface area contributed by atoms with Gasteiger partial charge in [0.1, 0.15) is 6.10 Å². The predicted molar refractivity (Wildman–Crippen MR) is 67.0 cm³/mol.